The first-order valence-electron chi connectivity index (χ1n) is 5.41. The number of ether oxygens (including phenoxy) is 1. The smallest absolute Gasteiger partial charge is 0.464 e. The van der Waals surface area contributed by atoms with E-state index >= 15 is 0 Å². The van der Waals surface area contributed by atoms with Gasteiger partial charge in [-0.2, -0.15) is 0 Å². The second-order valence-corrected chi connectivity index (χ2v) is 4.83. The molecule has 17 heavy (non-hydrogen) atoms. The van der Waals surface area contributed by atoms with Gasteiger partial charge in [-0.05, 0) is 25.0 Å². The maximum atomic E-state index is 10.6. The van der Waals surface area contributed by atoms with Crippen LogP contribution in [0.2, 0.25) is 0 Å². The largest absolute Gasteiger partial charge is 0.472 e. The fourth-order valence-corrected chi connectivity index (χ4v) is 1.92. The summed E-state index contributed by atoms with van der Waals surface area (Å²) in [4.78, 5) is 17.3. The molecule has 5 nitrogen and oxygen atoms in total. The fourth-order valence-electron chi connectivity index (χ4n) is 1.49. The van der Waals surface area contributed by atoms with E-state index in [1.165, 1.54) is 6.92 Å². The van der Waals surface area contributed by atoms with E-state index in [9.17, 15) is 4.57 Å². The second-order valence-electron chi connectivity index (χ2n) is 3.64. The molecule has 0 aliphatic rings. The molecular weight excluding hydrogens is 243 g/mol. The molecule has 1 unspecified atom stereocenters. The van der Waals surface area contributed by atoms with Crippen LogP contribution in [0.15, 0.2) is 24.3 Å². The fraction of sp³-hybridized carbons (Fsp3) is 0.455. The molecule has 0 fully saturated rings. The molecule has 1 aromatic carbocycles. The van der Waals surface area contributed by atoms with E-state index in [1.807, 2.05) is 19.1 Å². The van der Waals surface area contributed by atoms with Gasteiger partial charge < -0.3 is 14.5 Å². The molecule has 0 bridgehead atoms. The highest BCUT2D eigenvalue weighted by Gasteiger charge is 2.20. The zero-order chi connectivity index (χ0) is 12.9. The van der Waals surface area contributed by atoms with E-state index in [2.05, 4.69) is 4.52 Å². The Morgan fingerprint density at radius 1 is 1.35 bits per heavy atom. The van der Waals surface area contributed by atoms with Crippen molar-refractivity contribution in [2.75, 3.05) is 0 Å². The van der Waals surface area contributed by atoms with Crippen LogP contribution in [-0.2, 0) is 15.5 Å². The lowest BCUT2D eigenvalue weighted by atomic mass is 10.1. The number of phosphoric acid groups is 1. The number of rotatable bonds is 6. The Hall–Kier alpha value is -0.870. The van der Waals surface area contributed by atoms with Crippen molar-refractivity contribution in [3.05, 3.63) is 29.8 Å². The maximum absolute atomic E-state index is 10.6. The lowest BCUT2D eigenvalue weighted by Gasteiger charge is -2.17. The third kappa shape index (κ3) is 5.33. The highest BCUT2D eigenvalue weighted by atomic mass is 31.2. The van der Waals surface area contributed by atoms with Gasteiger partial charge in [0.2, 0.25) is 6.29 Å². The standard InChI is InChI=1S/C11H17O5P/c1-3-6-10-7-4-5-8-11(10)15-9(2)16-17(12,13)14/h4-5,7-9H,3,6H2,1-2H3,(H2,12,13,14). The van der Waals surface area contributed by atoms with E-state index in [0.29, 0.717) is 5.75 Å². The molecule has 0 amide bonds. The van der Waals surface area contributed by atoms with Crippen molar-refractivity contribution in [2.45, 2.75) is 33.0 Å². The molecule has 1 aromatic rings. The van der Waals surface area contributed by atoms with Gasteiger partial charge in [0.25, 0.3) is 0 Å². The number of phosphoric ester groups is 1. The van der Waals surface area contributed by atoms with E-state index in [1.54, 1.807) is 12.1 Å². The van der Waals surface area contributed by atoms with Gasteiger partial charge in [-0.3, -0.25) is 0 Å². The summed E-state index contributed by atoms with van der Waals surface area (Å²) in [5.41, 5.74) is 0.996. The predicted molar refractivity (Wildman–Crippen MR) is 63.7 cm³/mol. The predicted octanol–water partition coefficient (Wildman–Crippen LogP) is 2.47. The van der Waals surface area contributed by atoms with Gasteiger partial charge in [0.05, 0.1) is 0 Å². The first-order valence-corrected chi connectivity index (χ1v) is 6.94. The van der Waals surface area contributed by atoms with Crippen molar-refractivity contribution in [2.24, 2.45) is 0 Å². The SMILES string of the molecule is CCCc1ccccc1OC(C)OP(=O)(O)O. The average Bonchev–Trinajstić information content (AvgIpc) is 2.18. The Kier molecular flexibility index (Phi) is 5.15. The number of hydrogen-bond acceptors (Lipinski definition) is 3. The average molecular weight is 260 g/mol. The molecule has 0 radical (unpaired) electrons. The topological polar surface area (TPSA) is 76.0 Å². The highest BCUT2D eigenvalue weighted by Crippen LogP contribution is 2.38. The number of para-hydroxylation sites is 1. The van der Waals surface area contributed by atoms with Gasteiger partial charge in [0, 0.05) is 0 Å². The summed E-state index contributed by atoms with van der Waals surface area (Å²) in [5.74, 6) is 0.593. The summed E-state index contributed by atoms with van der Waals surface area (Å²) in [7, 11) is -4.51. The third-order valence-electron chi connectivity index (χ3n) is 2.07. The molecule has 0 aliphatic carbocycles. The van der Waals surface area contributed by atoms with Crippen LogP contribution >= 0.6 is 7.82 Å². The minimum atomic E-state index is -4.51. The van der Waals surface area contributed by atoms with E-state index in [-0.39, 0.29) is 0 Å². The summed E-state index contributed by atoms with van der Waals surface area (Å²) in [6.07, 6.45) is 0.821. The molecule has 0 aliphatic heterocycles. The minimum absolute atomic E-state index is 0.593. The summed E-state index contributed by atoms with van der Waals surface area (Å²) < 4.78 is 20.4. The van der Waals surface area contributed by atoms with Gasteiger partial charge in [0.15, 0.2) is 0 Å². The van der Waals surface area contributed by atoms with Crippen LogP contribution in [0, 0.1) is 0 Å². The van der Waals surface area contributed by atoms with Crippen molar-refractivity contribution in [1.29, 1.82) is 0 Å². The van der Waals surface area contributed by atoms with E-state index < -0.39 is 14.1 Å². The third-order valence-corrected chi connectivity index (χ3v) is 2.64. The normalized spacial score (nSPS) is 13.4. The molecule has 0 aromatic heterocycles. The van der Waals surface area contributed by atoms with Crippen LogP contribution in [0.5, 0.6) is 5.75 Å². The van der Waals surface area contributed by atoms with Crippen LogP contribution in [-0.4, -0.2) is 16.1 Å². The Morgan fingerprint density at radius 3 is 2.59 bits per heavy atom. The van der Waals surface area contributed by atoms with Crippen LogP contribution in [0.25, 0.3) is 0 Å². The molecule has 0 saturated heterocycles. The van der Waals surface area contributed by atoms with Crippen molar-refractivity contribution in [3.8, 4) is 5.75 Å². The first kappa shape index (κ1) is 14.2. The Labute approximate surface area is 101 Å². The van der Waals surface area contributed by atoms with Gasteiger partial charge in [0.1, 0.15) is 5.75 Å². The van der Waals surface area contributed by atoms with Crippen molar-refractivity contribution < 1.29 is 23.6 Å². The summed E-state index contributed by atoms with van der Waals surface area (Å²) >= 11 is 0. The van der Waals surface area contributed by atoms with E-state index in [0.717, 1.165) is 18.4 Å². The van der Waals surface area contributed by atoms with Gasteiger partial charge in [-0.25, -0.2) is 9.09 Å². The van der Waals surface area contributed by atoms with Crippen LogP contribution in [0.4, 0.5) is 0 Å². The molecular formula is C11H17O5P. The molecule has 1 atom stereocenters. The lowest BCUT2D eigenvalue weighted by molar-refractivity contribution is -0.00147. The zero-order valence-corrected chi connectivity index (χ0v) is 10.8. The van der Waals surface area contributed by atoms with E-state index in [4.69, 9.17) is 14.5 Å². The van der Waals surface area contributed by atoms with Crippen molar-refractivity contribution in [1.82, 2.24) is 0 Å². The van der Waals surface area contributed by atoms with Gasteiger partial charge >= 0.3 is 7.82 Å². The molecule has 0 spiro atoms. The number of hydrogen-bond donors (Lipinski definition) is 2. The molecule has 2 N–H and O–H groups in total. The molecule has 96 valence electrons. The van der Waals surface area contributed by atoms with Gasteiger partial charge in [-0.15, -0.1) is 0 Å². The van der Waals surface area contributed by atoms with Crippen LogP contribution in [0.1, 0.15) is 25.8 Å². The van der Waals surface area contributed by atoms with Crippen molar-refractivity contribution >= 4 is 7.82 Å². The quantitative estimate of drug-likeness (QED) is 0.607. The summed E-state index contributed by atoms with van der Waals surface area (Å²) in [6, 6.07) is 7.37. The Balaban J connectivity index is 2.70. The highest BCUT2D eigenvalue weighted by molar-refractivity contribution is 7.46. The molecule has 6 heteroatoms. The summed E-state index contributed by atoms with van der Waals surface area (Å²) in [5, 5.41) is 0. The van der Waals surface area contributed by atoms with Crippen LogP contribution in [0.3, 0.4) is 0 Å². The zero-order valence-electron chi connectivity index (χ0n) is 9.87. The van der Waals surface area contributed by atoms with Crippen LogP contribution < -0.4 is 4.74 Å². The number of aryl methyl sites for hydroxylation is 1. The maximum Gasteiger partial charge on any atom is 0.472 e. The monoisotopic (exact) mass is 260 g/mol. The molecule has 1 rings (SSSR count). The Morgan fingerprint density at radius 2 is 2.00 bits per heavy atom. The van der Waals surface area contributed by atoms with Crippen molar-refractivity contribution in [3.63, 3.8) is 0 Å². The Bertz CT molecular complexity index is 401. The summed E-state index contributed by atoms with van der Waals surface area (Å²) in [6.45, 7) is 3.49. The molecule has 0 saturated carbocycles. The lowest BCUT2D eigenvalue weighted by Crippen LogP contribution is -2.15. The number of benzene rings is 1. The second kappa shape index (κ2) is 6.17. The minimum Gasteiger partial charge on any atom is -0.464 e. The molecule has 0 heterocycles. The van der Waals surface area contributed by atoms with Gasteiger partial charge in [-0.1, -0.05) is 31.5 Å². The first-order chi connectivity index (χ1) is 7.92.